The highest BCUT2D eigenvalue weighted by Crippen LogP contribution is 2.26. The minimum atomic E-state index is -3.84. The Labute approximate surface area is 250 Å². The Kier molecular flexibility index (Phi) is 11.2. The average Bonchev–Trinajstić information content (AvgIpc) is 2.90. The summed E-state index contributed by atoms with van der Waals surface area (Å²) in [6, 6.07) is 20.7. The van der Waals surface area contributed by atoms with E-state index >= 15 is 0 Å². The Morgan fingerprint density at radius 2 is 1.65 bits per heavy atom. The van der Waals surface area contributed by atoms with E-state index in [1.165, 1.54) is 4.90 Å². The van der Waals surface area contributed by atoms with Crippen LogP contribution >= 0.6 is 27.5 Å². The first-order valence-corrected chi connectivity index (χ1v) is 16.0. The third-order valence-electron chi connectivity index (χ3n) is 6.36. The molecule has 1 atom stereocenters. The van der Waals surface area contributed by atoms with Crippen LogP contribution < -0.4 is 9.62 Å². The zero-order valence-electron chi connectivity index (χ0n) is 23.1. The van der Waals surface area contributed by atoms with Crippen LogP contribution in [0.25, 0.3) is 0 Å². The highest BCUT2D eigenvalue weighted by atomic mass is 79.9. The minimum Gasteiger partial charge on any atom is -0.354 e. The van der Waals surface area contributed by atoms with Gasteiger partial charge in [-0.2, -0.15) is 0 Å². The molecule has 0 bridgehead atoms. The van der Waals surface area contributed by atoms with Crippen LogP contribution in [0.15, 0.2) is 77.3 Å². The molecule has 0 radical (unpaired) electrons. The summed E-state index contributed by atoms with van der Waals surface area (Å²) in [5, 5.41) is 3.41. The molecule has 0 aromatic heterocycles. The van der Waals surface area contributed by atoms with Gasteiger partial charge in [-0.05, 0) is 53.8 Å². The largest absolute Gasteiger partial charge is 0.354 e. The highest BCUT2D eigenvalue weighted by molar-refractivity contribution is 9.10. The molecule has 3 aromatic rings. The number of hydrogen-bond donors (Lipinski definition) is 1. The molecule has 0 aliphatic heterocycles. The second-order valence-electron chi connectivity index (χ2n) is 10.2. The number of carbonyl (C=O) groups is 2. The molecule has 0 fully saturated rings. The van der Waals surface area contributed by atoms with Gasteiger partial charge in [0.2, 0.25) is 21.8 Å². The summed E-state index contributed by atoms with van der Waals surface area (Å²) in [5.41, 5.74) is 2.70. The van der Waals surface area contributed by atoms with Gasteiger partial charge in [0.15, 0.2) is 0 Å². The molecule has 0 aliphatic carbocycles. The number of aryl methyl sites for hydroxylation is 1. The molecule has 0 heterocycles. The summed E-state index contributed by atoms with van der Waals surface area (Å²) in [6.07, 6.45) is 1.31. The summed E-state index contributed by atoms with van der Waals surface area (Å²) in [7, 11) is -3.84. The number of anilines is 1. The SMILES string of the molecule is Cc1cc(N(CC(=O)N(Cc2ccccc2Cl)[C@@H](Cc2ccccc2)C(=O)NCC(C)C)S(C)(=O)=O)ccc1Br. The van der Waals surface area contributed by atoms with E-state index < -0.39 is 28.5 Å². The van der Waals surface area contributed by atoms with Crippen LogP contribution in [0.2, 0.25) is 5.02 Å². The zero-order valence-corrected chi connectivity index (χ0v) is 26.3. The van der Waals surface area contributed by atoms with Gasteiger partial charge in [0.1, 0.15) is 12.6 Å². The van der Waals surface area contributed by atoms with Crippen molar-refractivity contribution in [1.29, 1.82) is 0 Å². The predicted molar refractivity (Wildman–Crippen MR) is 165 cm³/mol. The van der Waals surface area contributed by atoms with Crippen molar-refractivity contribution in [3.63, 3.8) is 0 Å². The van der Waals surface area contributed by atoms with Crippen LogP contribution in [0.1, 0.15) is 30.5 Å². The first-order chi connectivity index (χ1) is 18.9. The number of hydrogen-bond acceptors (Lipinski definition) is 4. The third-order valence-corrected chi connectivity index (χ3v) is 8.76. The van der Waals surface area contributed by atoms with Gasteiger partial charge < -0.3 is 10.2 Å². The van der Waals surface area contributed by atoms with Gasteiger partial charge in [0.25, 0.3) is 0 Å². The van der Waals surface area contributed by atoms with Crippen LogP contribution in [0.5, 0.6) is 0 Å². The van der Waals surface area contributed by atoms with Gasteiger partial charge in [-0.15, -0.1) is 0 Å². The van der Waals surface area contributed by atoms with Gasteiger partial charge in [-0.1, -0.05) is 89.9 Å². The van der Waals surface area contributed by atoms with Crippen molar-refractivity contribution in [2.45, 2.75) is 39.8 Å². The van der Waals surface area contributed by atoms with Gasteiger partial charge in [-0.25, -0.2) is 8.42 Å². The minimum absolute atomic E-state index is 0.0298. The third kappa shape index (κ3) is 8.81. The van der Waals surface area contributed by atoms with E-state index in [1.54, 1.807) is 36.4 Å². The normalized spacial score (nSPS) is 12.2. The van der Waals surface area contributed by atoms with Crippen molar-refractivity contribution >= 4 is 55.1 Å². The van der Waals surface area contributed by atoms with Crippen molar-refractivity contribution in [3.8, 4) is 0 Å². The molecule has 214 valence electrons. The van der Waals surface area contributed by atoms with E-state index in [0.717, 1.165) is 26.2 Å². The lowest BCUT2D eigenvalue weighted by atomic mass is 10.0. The summed E-state index contributed by atoms with van der Waals surface area (Å²) >= 11 is 9.92. The van der Waals surface area contributed by atoms with Crippen LogP contribution in [0.3, 0.4) is 0 Å². The molecule has 1 N–H and O–H groups in total. The highest BCUT2D eigenvalue weighted by Gasteiger charge is 2.33. The van der Waals surface area contributed by atoms with Crippen LogP contribution in [0.4, 0.5) is 5.69 Å². The van der Waals surface area contributed by atoms with Crippen molar-refractivity contribution in [2.75, 3.05) is 23.7 Å². The van der Waals surface area contributed by atoms with Crippen molar-refractivity contribution in [3.05, 3.63) is 99.0 Å². The maximum atomic E-state index is 14.1. The molecule has 40 heavy (non-hydrogen) atoms. The zero-order chi connectivity index (χ0) is 29.4. The predicted octanol–water partition coefficient (Wildman–Crippen LogP) is 5.59. The van der Waals surface area contributed by atoms with Gasteiger partial charge >= 0.3 is 0 Å². The molecule has 3 aromatic carbocycles. The fourth-order valence-corrected chi connectivity index (χ4v) is 5.47. The Morgan fingerprint density at radius 3 is 2.25 bits per heavy atom. The smallest absolute Gasteiger partial charge is 0.244 e. The molecule has 0 spiro atoms. The Balaban J connectivity index is 2.07. The number of halogens is 2. The maximum Gasteiger partial charge on any atom is 0.244 e. The van der Waals surface area contributed by atoms with Crippen LogP contribution in [0, 0.1) is 12.8 Å². The van der Waals surface area contributed by atoms with Gasteiger partial charge in [-0.3, -0.25) is 13.9 Å². The molecule has 3 rings (SSSR count). The molecule has 10 heteroatoms. The van der Waals surface area contributed by atoms with Crippen molar-refractivity contribution < 1.29 is 18.0 Å². The molecule has 7 nitrogen and oxygen atoms in total. The lowest BCUT2D eigenvalue weighted by Crippen LogP contribution is -2.53. The number of carbonyl (C=O) groups excluding carboxylic acids is 2. The lowest BCUT2D eigenvalue weighted by Gasteiger charge is -2.34. The summed E-state index contributed by atoms with van der Waals surface area (Å²) < 4.78 is 27.7. The van der Waals surface area contributed by atoms with Crippen LogP contribution in [-0.2, 0) is 32.6 Å². The number of nitrogens with zero attached hydrogens (tertiary/aromatic N) is 2. The summed E-state index contributed by atoms with van der Waals surface area (Å²) in [5.74, 6) is -0.634. The standard InChI is InChI=1S/C30H35BrClN3O4S/c1-21(2)18-33-30(37)28(17-23-10-6-5-7-11-23)34(19-24-12-8-9-13-27(24)32)29(36)20-35(40(4,38)39)25-14-15-26(31)22(3)16-25/h5-16,21,28H,17-20H2,1-4H3,(H,33,37)/t28-/m0/s1. The second kappa shape index (κ2) is 14.1. The fourth-order valence-electron chi connectivity index (χ4n) is 4.18. The quantitative estimate of drug-likeness (QED) is 0.278. The molecule has 2 amide bonds. The van der Waals surface area contributed by atoms with Crippen molar-refractivity contribution in [1.82, 2.24) is 10.2 Å². The molecular formula is C30H35BrClN3O4S. The molecule has 0 saturated carbocycles. The summed E-state index contributed by atoms with van der Waals surface area (Å²) in [4.78, 5) is 29.2. The number of benzene rings is 3. The lowest BCUT2D eigenvalue weighted by molar-refractivity contribution is -0.140. The topological polar surface area (TPSA) is 86.8 Å². The number of amides is 2. The maximum absolute atomic E-state index is 14.1. The second-order valence-corrected chi connectivity index (χ2v) is 13.3. The van der Waals surface area contributed by atoms with E-state index in [-0.39, 0.29) is 24.8 Å². The number of nitrogens with one attached hydrogen (secondary N) is 1. The molecule has 0 aliphatic rings. The Morgan fingerprint density at radius 1 is 1.00 bits per heavy atom. The summed E-state index contributed by atoms with van der Waals surface area (Å²) in [6.45, 7) is 5.81. The first kappa shape index (κ1) is 31.6. The molecular weight excluding hydrogens is 614 g/mol. The molecule has 0 unspecified atom stereocenters. The Hall–Kier alpha value is -2.88. The van der Waals surface area contributed by atoms with E-state index in [1.807, 2.05) is 57.2 Å². The van der Waals surface area contributed by atoms with Crippen molar-refractivity contribution in [2.24, 2.45) is 5.92 Å². The first-order valence-electron chi connectivity index (χ1n) is 12.9. The molecule has 0 saturated heterocycles. The Bertz CT molecular complexity index is 1430. The van der Waals surface area contributed by atoms with E-state index in [9.17, 15) is 18.0 Å². The number of rotatable bonds is 12. The van der Waals surface area contributed by atoms with E-state index in [4.69, 9.17) is 11.6 Å². The van der Waals surface area contributed by atoms with Gasteiger partial charge in [0, 0.05) is 29.0 Å². The van der Waals surface area contributed by atoms with Crippen LogP contribution in [-0.4, -0.2) is 50.5 Å². The monoisotopic (exact) mass is 647 g/mol. The van der Waals surface area contributed by atoms with E-state index in [2.05, 4.69) is 21.2 Å². The fraction of sp³-hybridized carbons (Fsp3) is 0.333. The van der Waals surface area contributed by atoms with Gasteiger partial charge in [0.05, 0.1) is 11.9 Å². The average molecular weight is 649 g/mol. The number of sulfonamides is 1. The van der Waals surface area contributed by atoms with E-state index in [0.29, 0.717) is 22.8 Å².